The molecule has 0 atom stereocenters. The molecule has 2 N–H and O–H groups in total. The molecule has 98 valence electrons. The van der Waals surface area contributed by atoms with Crippen molar-refractivity contribution in [1.29, 1.82) is 0 Å². The van der Waals surface area contributed by atoms with Gasteiger partial charge in [-0.05, 0) is 25.5 Å². The summed E-state index contributed by atoms with van der Waals surface area (Å²) in [6.07, 6.45) is 2.77. The summed E-state index contributed by atoms with van der Waals surface area (Å²) in [5.41, 5.74) is 6.66. The Morgan fingerprint density at radius 3 is 2.53 bits per heavy atom. The minimum absolute atomic E-state index is 0.0632. The fourth-order valence-electron chi connectivity index (χ4n) is 1.57. The number of anilines is 1. The van der Waals surface area contributed by atoms with Crippen molar-refractivity contribution in [1.82, 2.24) is 9.97 Å². The SMILES string of the molecule is Cc1cc([N+](=O)[O-])c(C)cc1Oc1cnc(N)cn1. The Labute approximate surface area is 109 Å². The minimum atomic E-state index is -0.421. The predicted molar refractivity (Wildman–Crippen MR) is 69.1 cm³/mol. The minimum Gasteiger partial charge on any atom is -0.437 e. The second-order valence-electron chi connectivity index (χ2n) is 4.04. The topological polar surface area (TPSA) is 104 Å². The number of rotatable bonds is 3. The Morgan fingerprint density at radius 1 is 1.21 bits per heavy atom. The molecule has 2 aromatic rings. The highest BCUT2D eigenvalue weighted by molar-refractivity contribution is 5.50. The molecule has 0 aliphatic carbocycles. The molecule has 0 fully saturated rings. The van der Waals surface area contributed by atoms with Gasteiger partial charge in [-0.25, -0.2) is 9.97 Å². The van der Waals surface area contributed by atoms with Crippen LogP contribution >= 0.6 is 0 Å². The highest BCUT2D eigenvalue weighted by atomic mass is 16.6. The predicted octanol–water partition coefficient (Wildman–Crippen LogP) is 2.38. The van der Waals surface area contributed by atoms with Crippen LogP contribution in [-0.2, 0) is 0 Å². The smallest absolute Gasteiger partial charge is 0.272 e. The molecule has 1 aromatic heterocycles. The largest absolute Gasteiger partial charge is 0.437 e. The molecule has 7 heteroatoms. The number of nitro benzene ring substituents is 1. The van der Waals surface area contributed by atoms with Crippen LogP contribution in [-0.4, -0.2) is 14.9 Å². The van der Waals surface area contributed by atoms with Crippen LogP contribution in [0.1, 0.15) is 11.1 Å². The van der Waals surface area contributed by atoms with E-state index in [9.17, 15) is 10.1 Å². The van der Waals surface area contributed by atoms with Crippen LogP contribution in [0.15, 0.2) is 24.5 Å². The molecule has 2 rings (SSSR count). The average molecular weight is 260 g/mol. The summed E-state index contributed by atoms with van der Waals surface area (Å²) in [6, 6.07) is 3.07. The molecular formula is C12H12N4O3. The van der Waals surface area contributed by atoms with Gasteiger partial charge in [0, 0.05) is 11.6 Å². The Balaban J connectivity index is 2.33. The van der Waals surface area contributed by atoms with Crippen LogP contribution < -0.4 is 10.5 Å². The molecule has 0 bridgehead atoms. The molecule has 0 amide bonds. The van der Waals surface area contributed by atoms with Gasteiger partial charge in [0.2, 0.25) is 5.88 Å². The quantitative estimate of drug-likeness (QED) is 0.671. The summed E-state index contributed by atoms with van der Waals surface area (Å²) in [7, 11) is 0. The Hall–Kier alpha value is -2.70. The number of nitro groups is 1. The van der Waals surface area contributed by atoms with E-state index in [1.807, 2.05) is 0 Å². The number of hydrogen-bond acceptors (Lipinski definition) is 6. The van der Waals surface area contributed by atoms with E-state index in [0.29, 0.717) is 22.7 Å². The monoisotopic (exact) mass is 260 g/mol. The molecule has 0 spiro atoms. The van der Waals surface area contributed by atoms with Crippen LogP contribution in [0.25, 0.3) is 0 Å². The first-order valence-corrected chi connectivity index (χ1v) is 5.48. The molecule has 1 heterocycles. The van der Waals surface area contributed by atoms with Gasteiger partial charge >= 0.3 is 0 Å². The van der Waals surface area contributed by atoms with Crippen LogP contribution in [0.5, 0.6) is 11.6 Å². The average Bonchev–Trinajstić information content (AvgIpc) is 2.35. The van der Waals surface area contributed by atoms with E-state index in [-0.39, 0.29) is 11.6 Å². The number of aromatic nitrogens is 2. The number of benzene rings is 1. The lowest BCUT2D eigenvalue weighted by atomic mass is 10.1. The van der Waals surface area contributed by atoms with Crippen molar-refractivity contribution in [2.45, 2.75) is 13.8 Å². The third kappa shape index (κ3) is 2.76. The van der Waals surface area contributed by atoms with Gasteiger partial charge in [0.1, 0.15) is 11.6 Å². The van der Waals surface area contributed by atoms with Crippen molar-refractivity contribution in [3.63, 3.8) is 0 Å². The fourth-order valence-corrected chi connectivity index (χ4v) is 1.57. The standard InChI is InChI=1S/C12H12N4O3/c1-7-4-10(8(2)3-9(7)16(17)18)19-12-6-14-11(13)5-15-12/h3-6H,1-2H3,(H2,13,14). The first-order valence-electron chi connectivity index (χ1n) is 5.48. The summed E-state index contributed by atoms with van der Waals surface area (Å²) in [4.78, 5) is 18.2. The Kier molecular flexibility index (Phi) is 3.28. The second-order valence-corrected chi connectivity index (χ2v) is 4.04. The van der Waals surface area contributed by atoms with Gasteiger partial charge < -0.3 is 10.5 Å². The van der Waals surface area contributed by atoms with Crippen molar-refractivity contribution in [3.8, 4) is 11.6 Å². The van der Waals surface area contributed by atoms with Gasteiger partial charge in [0.15, 0.2) is 0 Å². The summed E-state index contributed by atoms with van der Waals surface area (Å²) in [5.74, 6) is 1.08. The number of ether oxygens (including phenoxy) is 1. The zero-order valence-corrected chi connectivity index (χ0v) is 10.5. The van der Waals surface area contributed by atoms with E-state index in [1.54, 1.807) is 19.9 Å². The fraction of sp³-hybridized carbons (Fsp3) is 0.167. The van der Waals surface area contributed by atoms with E-state index in [1.165, 1.54) is 18.5 Å². The van der Waals surface area contributed by atoms with Crippen molar-refractivity contribution < 1.29 is 9.66 Å². The summed E-state index contributed by atoms with van der Waals surface area (Å²) in [5, 5.41) is 10.8. The van der Waals surface area contributed by atoms with Gasteiger partial charge in [0.05, 0.1) is 17.3 Å². The van der Waals surface area contributed by atoms with Gasteiger partial charge in [-0.3, -0.25) is 10.1 Å². The molecule has 1 aromatic carbocycles. The van der Waals surface area contributed by atoms with Crippen molar-refractivity contribution in [2.75, 3.05) is 5.73 Å². The maximum Gasteiger partial charge on any atom is 0.272 e. The van der Waals surface area contributed by atoms with E-state index >= 15 is 0 Å². The lowest BCUT2D eigenvalue weighted by molar-refractivity contribution is -0.385. The van der Waals surface area contributed by atoms with Crippen LogP contribution in [0.4, 0.5) is 11.5 Å². The molecule has 0 radical (unpaired) electrons. The molecule has 0 unspecified atom stereocenters. The zero-order valence-electron chi connectivity index (χ0n) is 10.5. The zero-order chi connectivity index (χ0) is 14.0. The molecule has 0 saturated carbocycles. The second kappa shape index (κ2) is 4.89. The summed E-state index contributed by atoms with van der Waals surface area (Å²) < 4.78 is 5.53. The van der Waals surface area contributed by atoms with Crippen LogP contribution in [0, 0.1) is 24.0 Å². The number of nitrogen functional groups attached to an aromatic ring is 1. The maximum atomic E-state index is 10.8. The first kappa shape index (κ1) is 12.7. The first-order chi connectivity index (χ1) is 8.97. The van der Waals surface area contributed by atoms with Crippen LogP contribution in [0.3, 0.4) is 0 Å². The molecular weight excluding hydrogens is 248 g/mol. The van der Waals surface area contributed by atoms with Gasteiger partial charge in [-0.15, -0.1) is 0 Å². The molecule has 7 nitrogen and oxygen atoms in total. The molecule has 0 aliphatic heterocycles. The molecule has 0 aliphatic rings. The number of nitrogens with zero attached hydrogens (tertiary/aromatic N) is 3. The number of hydrogen-bond donors (Lipinski definition) is 1. The van der Waals surface area contributed by atoms with E-state index in [2.05, 4.69) is 9.97 Å². The third-order valence-corrected chi connectivity index (χ3v) is 2.55. The van der Waals surface area contributed by atoms with Crippen molar-refractivity contribution >= 4 is 11.5 Å². The summed E-state index contributed by atoms with van der Waals surface area (Å²) >= 11 is 0. The van der Waals surface area contributed by atoms with Crippen molar-refractivity contribution in [2.24, 2.45) is 0 Å². The highest BCUT2D eigenvalue weighted by Gasteiger charge is 2.14. The lowest BCUT2D eigenvalue weighted by Gasteiger charge is -2.08. The van der Waals surface area contributed by atoms with E-state index in [4.69, 9.17) is 10.5 Å². The maximum absolute atomic E-state index is 10.8. The molecule has 0 saturated heterocycles. The van der Waals surface area contributed by atoms with Crippen LogP contribution in [0.2, 0.25) is 0 Å². The Bertz CT molecular complexity index is 626. The third-order valence-electron chi connectivity index (χ3n) is 2.55. The van der Waals surface area contributed by atoms with Gasteiger partial charge in [-0.2, -0.15) is 0 Å². The van der Waals surface area contributed by atoms with Gasteiger partial charge in [0.25, 0.3) is 5.69 Å². The Morgan fingerprint density at radius 2 is 1.95 bits per heavy atom. The normalized spacial score (nSPS) is 10.2. The number of aryl methyl sites for hydroxylation is 2. The highest BCUT2D eigenvalue weighted by Crippen LogP contribution is 2.30. The number of nitrogens with two attached hydrogens (primary N) is 1. The van der Waals surface area contributed by atoms with E-state index < -0.39 is 4.92 Å². The van der Waals surface area contributed by atoms with Gasteiger partial charge in [-0.1, -0.05) is 0 Å². The van der Waals surface area contributed by atoms with E-state index in [0.717, 1.165) is 0 Å². The lowest BCUT2D eigenvalue weighted by Crippen LogP contribution is -1.97. The summed E-state index contributed by atoms with van der Waals surface area (Å²) in [6.45, 7) is 3.38. The molecule has 19 heavy (non-hydrogen) atoms. The van der Waals surface area contributed by atoms with Crippen molar-refractivity contribution in [3.05, 3.63) is 45.8 Å².